The second-order valence-corrected chi connectivity index (χ2v) is 6.17. The van der Waals surface area contributed by atoms with Gasteiger partial charge in [-0.25, -0.2) is 0 Å². The third kappa shape index (κ3) is 6.59. The van der Waals surface area contributed by atoms with E-state index in [-0.39, 0.29) is 17.9 Å². The van der Waals surface area contributed by atoms with E-state index in [1.165, 1.54) is 0 Å². The second kappa shape index (κ2) is 6.73. The Morgan fingerprint density at radius 2 is 1.72 bits per heavy atom. The summed E-state index contributed by atoms with van der Waals surface area (Å²) in [6.07, 6.45) is 2.03. The largest absolute Gasteiger partial charge is 0.481 e. The molecule has 0 aromatic rings. The van der Waals surface area contributed by atoms with E-state index in [1.807, 2.05) is 0 Å². The van der Waals surface area contributed by atoms with Crippen molar-refractivity contribution in [1.82, 2.24) is 5.32 Å². The highest BCUT2D eigenvalue weighted by molar-refractivity contribution is 5.78. The first-order chi connectivity index (χ1) is 8.10. The van der Waals surface area contributed by atoms with E-state index < -0.39 is 11.4 Å². The van der Waals surface area contributed by atoms with Gasteiger partial charge in [-0.05, 0) is 38.6 Å². The summed E-state index contributed by atoms with van der Waals surface area (Å²) >= 11 is 0. The zero-order valence-electron chi connectivity index (χ0n) is 11.9. The fourth-order valence-corrected chi connectivity index (χ4v) is 1.45. The van der Waals surface area contributed by atoms with Crippen molar-refractivity contribution in [3.63, 3.8) is 0 Å². The molecule has 4 N–H and O–H groups in total. The fourth-order valence-electron chi connectivity index (χ4n) is 1.45. The molecular formula is C13H26N2O3. The molecule has 0 atom stereocenters. The summed E-state index contributed by atoms with van der Waals surface area (Å²) in [7, 11) is 0. The van der Waals surface area contributed by atoms with Gasteiger partial charge in [-0.3, -0.25) is 9.59 Å². The molecule has 0 aliphatic rings. The van der Waals surface area contributed by atoms with Crippen LogP contribution in [0.4, 0.5) is 0 Å². The number of aliphatic carboxylic acids is 1. The minimum Gasteiger partial charge on any atom is -0.481 e. The van der Waals surface area contributed by atoms with Gasteiger partial charge >= 0.3 is 5.97 Å². The Kier molecular flexibility index (Phi) is 6.32. The van der Waals surface area contributed by atoms with Crippen molar-refractivity contribution >= 4 is 11.9 Å². The van der Waals surface area contributed by atoms with Gasteiger partial charge in [-0.15, -0.1) is 0 Å². The van der Waals surface area contributed by atoms with Crippen molar-refractivity contribution in [1.29, 1.82) is 0 Å². The van der Waals surface area contributed by atoms with Gasteiger partial charge in [0, 0.05) is 13.0 Å². The van der Waals surface area contributed by atoms with Crippen molar-refractivity contribution in [3.8, 4) is 0 Å². The highest BCUT2D eigenvalue weighted by Gasteiger charge is 2.27. The van der Waals surface area contributed by atoms with E-state index in [2.05, 4.69) is 19.2 Å². The quantitative estimate of drug-likeness (QED) is 0.613. The van der Waals surface area contributed by atoms with Gasteiger partial charge in [-0.2, -0.15) is 0 Å². The zero-order valence-corrected chi connectivity index (χ0v) is 11.9. The Bertz CT molecular complexity index is 299. The van der Waals surface area contributed by atoms with Crippen molar-refractivity contribution < 1.29 is 14.7 Å². The van der Waals surface area contributed by atoms with E-state index in [9.17, 15) is 9.59 Å². The fraction of sp³-hybridized carbons (Fsp3) is 0.846. The summed E-state index contributed by atoms with van der Waals surface area (Å²) in [6.45, 7) is 8.10. The van der Waals surface area contributed by atoms with Crippen LogP contribution in [0.2, 0.25) is 0 Å². The van der Waals surface area contributed by atoms with Crippen LogP contribution in [-0.4, -0.2) is 30.1 Å². The van der Waals surface area contributed by atoms with Crippen LogP contribution in [0.25, 0.3) is 0 Å². The molecule has 0 bridgehead atoms. The molecule has 0 spiro atoms. The average Bonchev–Trinajstić information content (AvgIpc) is 2.23. The van der Waals surface area contributed by atoms with Gasteiger partial charge in [-0.1, -0.05) is 13.8 Å². The van der Waals surface area contributed by atoms with E-state index in [4.69, 9.17) is 10.8 Å². The summed E-state index contributed by atoms with van der Waals surface area (Å²) in [6, 6.07) is 0. The normalized spacial score (nSPS) is 12.3. The van der Waals surface area contributed by atoms with E-state index in [0.29, 0.717) is 13.0 Å². The zero-order chi connectivity index (χ0) is 14.4. The molecule has 0 rings (SSSR count). The number of carbonyl (C=O) groups is 2. The Labute approximate surface area is 109 Å². The van der Waals surface area contributed by atoms with Gasteiger partial charge in [0.25, 0.3) is 0 Å². The maximum absolute atomic E-state index is 11.6. The highest BCUT2D eigenvalue weighted by atomic mass is 16.4. The van der Waals surface area contributed by atoms with Crippen molar-refractivity contribution in [2.75, 3.05) is 13.1 Å². The van der Waals surface area contributed by atoms with Crippen molar-refractivity contribution in [2.45, 2.75) is 47.0 Å². The number of rotatable bonds is 8. The maximum atomic E-state index is 11.6. The third-order valence-electron chi connectivity index (χ3n) is 3.16. The molecule has 0 heterocycles. The lowest BCUT2D eigenvalue weighted by molar-refractivity contribution is -0.146. The molecule has 0 aromatic carbocycles. The summed E-state index contributed by atoms with van der Waals surface area (Å²) in [5, 5.41) is 11.6. The Morgan fingerprint density at radius 1 is 1.17 bits per heavy atom. The minimum absolute atomic E-state index is 0.0500. The van der Waals surface area contributed by atoms with E-state index >= 15 is 0 Å². The highest BCUT2D eigenvalue weighted by Crippen LogP contribution is 2.25. The van der Waals surface area contributed by atoms with Crippen LogP contribution in [0, 0.1) is 10.8 Å². The van der Waals surface area contributed by atoms with Crippen molar-refractivity contribution in [2.24, 2.45) is 16.6 Å². The van der Waals surface area contributed by atoms with Gasteiger partial charge < -0.3 is 16.2 Å². The lowest BCUT2D eigenvalue weighted by Gasteiger charge is -2.24. The average molecular weight is 258 g/mol. The van der Waals surface area contributed by atoms with Crippen LogP contribution in [0.3, 0.4) is 0 Å². The van der Waals surface area contributed by atoms with Gasteiger partial charge in [0.05, 0.1) is 5.41 Å². The molecule has 0 saturated carbocycles. The first kappa shape index (κ1) is 16.9. The summed E-state index contributed by atoms with van der Waals surface area (Å²) in [5.74, 6) is -1.01. The molecule has 5 heteroatoms. The summed E-state index contributed by atoms with van der Waals surface area (Å²) in [5.41, 5.74) is 4.63. The molecule has 18 heavy (non-hydrogen) atoms. The molecule has 0 saturated heterocycles. The first-order valence-corrected chi connectivity index (χ1v) is 6.31. The number of nitrogens with two attached hydrogens (primary N) is 1. The Balaban J connectivity index is 4.03. The van der Waals surface area contributed by atoms with E-state index in [0.717, 1.165) is 12.8 Å². The maximum Gasteiger partial charge on any atom is 0.310 e. The lowest BCUT2D eigenvalue weighted by atomic mass is 9.84. The third-order valence-corrected chi connectivity index (χ3v) is 3.16. The number of carboxylic acids is 1. The van der Waals surface area contributed by atoms with Crippen molar-refractivity contribution in [3.05, 3.63) is 0 Å². The second-order valence-electron chi connectivity index (χ2n) is 6.17. The van der Waals surface area contributed by atoms with Gasteiger partial charge in [0.2, 0.25) is 5.91 Å². The molecule has 0 aliphatic carbocycles. The van der Waals surface area contributed by atoms with Crippen LogP contribution < -0.4 is 11.1 Å². The monoisotopic (exact) mass is 258 g/mol. The smallest absolute Gasteiger partial charge is 0.310 e. The number of amides is 1. The molecule has 0 radical (unpaired) electrons. The Morgan fingerprint density at radius 3 is 2.17 bits per heavy atom. The molecule has 5 nitrogen and oxygen atoms in total. The van der Waals surface area contributed by atoms with Gasteiger partial charge in [0.1, 0.15) is 0 Å². The van der Waals surface area contributed by atoms with Crippen LogP contribution in [0.5, 0.6) is 0 Å². The first-order valence-electron chi connectivity index (χ1n) is 6.31. The minimum atomic E-state index is -0.928. The Hall–Kier alpha value is -1.10. The van der Waals surface area contributed by atoms with E-state index in [1.54, 1.807) is 13.8 Å². The standard InChI is InChI=1S/C13H26N2O3/c1-12(2,7-8-14)6-5-10(16)15-9-13(3,4)11(17)18/h5-9,14H2,1-4H3,(H,15,16)(H,17,18). The lowest BCUT2D eigenvalue weighted by Crippen LogP contribution is -2.39. The predicted molar refractivity (Wildman–Crippen MR) is 71.1 cm³/mol. The number of nitrogens with one attached hydrogen (secondary N) is 1. The SMILES string of the molecule is CC(C)(CCN)CCC(=O)NCC(C)(C)C(=O)O. The summed E-state index contributed by atoms with van der Waals surface area (Å²) < 4.78 is 0. The molecule has 0 fully saturated rings. The molecular weight excluding hydrogens is 232 g/mol. The van der Waals surface area contributed by atoms with Gasteiger partial charge in [0.15, 0.2) is 0 Å². The van der Waals surface area contributed by atoms with Crippen LogP contribution in [0.1, 0.15) is 47.0 Å². The molecule has 1 amide bonds. The number of carbonyl (C=O) groups excluding carboxylic acids is 1. The molecule has 0 aliphatic heterocycles. The number of carboxylic acid groups (broad SMARTS) is 1. The topological polar surface area (TPSA) is 92.4 Å². The number of hydrogen-bond donors (Lipinski definition) is 3. The molecule has 0 unspecified atom stereocenters. The molecule has 106 valence electrons. The molecule has 0 aromatic heterocycles. The number of hydrogen-bond acceptors (Lipinski definition) is 3. The van der Waals surface area contributed by atoms with Crippen LogP contribution >= 0.6 is 0 Å². The summed E-state index contributed by atoms with van der Waals surface area (Å²) in [4.78, 5) is 22.5. The van der Waals surface area contributed by atoms with Crippen LogP contribution in [0.15, 0.2) is 0 Å². The van der Waals surface area contributed by atoms with Crippen LogP contribution in [-0.2, 0) is 9.59 Å². The predicted octanol–water partition coefficient (Wildman–Crippen LogP) is 1.37.